The predicted molar refractivity (Wildman–Crippen MR) is 107 cm³/mol. The normalized spacial score (nSPS) is 10.7. The summed E-state index contributed by atoms with van der Waals surface area (Å²) < 4.78 is 0. The lowest BCUT2D eigenvalue weighted by atomic mass is 10.1. The number of carbonyl (C=O) groups is 2. The number of amides is 2. The average Bonchev–Trinajstić information content (AvgIpc) is 2.69. The van der Waals surface area contributed by atoms with Crippen LogP contribution >= 0.6 is 0 Å². The Balaban J connectivity index is 1.84. The molecule has 6 heteroatoms. The fraction of sp³-hybridized carbons (Fsp3) is 0.381. The molecular formula is C21H28N4O2. The van der Waals surface area contributed by atoms with Gasteiger partial charge >= 0.3 is 0 Å². The Kier molecular flexibility index (Phi) is 7.95. The van der Waals surface area contributed by atoms with Crippen molar-refractivity contribution in [3.05, 3.63) is 65.5 Å². The third kappa shape index (κ3) is 6.83. The number of nitrogens with zero attached hydrogens (tertiary/aromatic N) is 3. The lowest BCUT2D eigenvalue weighted by molar-refractivity contribution is 0.0795. The van der Waals surface area contributed by atoms with E-state index < -0.39 is 0 Å². The number of hydrogen-bond donors (Lipinski definition) is 1. The van der Waals surface area contributed by atoms with Crippen LogP contribution in [0.1, 0.15) is 32.7 Å². The first kappa shape index (κ1) is 20.6. The molecule has 0 aliphatic rings. The summed E-state index contributed by atoms with van der Waals surface area (Å²) in [6.07, 6.45) is 5.18. The summed E-state index contributed by atoms with van der Waals surface area (Å²) in [5, 5.41) is 2.90. The standard InChI is InChI=1S/C21H28N4O2/c1-24(2)15-4-12-23-20(26)18-5-7-19(8-6-18)21(27)25(3)16-11-17-9-13-22-14-10-17/h5-10,13-14H,4,11-12,15-16H2,1-3H3,(H,23,26). The Labute approximate surface area is 161 Å². The van der Waals surface area contributed by atoms with E-state index in [0.29, 0.717) is 24.2 Å². The second kappa shape index (κ2) is 10.4. The summed E-state index contributed by atoms with van der Waals surface area (Å²) in [4.78, 5) is 32.4. The number of carbonyl (C=O) groups excluding carboxylic acids is 2. The van der Waals surface area contributed by atoms with Crippen LogP contribution in [0.15, 0.2) is 48.8 Å². The Morgan fingerprint density at radius 2 is 1.56 bits per heavy atom. The van der Waals surface area contributed by atoms with Gasteiger partial charge in [0.25, 0.3) is 11.8 Å². The van der Waals surface area contributed by atoms with Crippen molar-refractivity contribution in [2.45, 2.75) is 12.8 Å². The molecule has 1 aromatic heterocycles. The molecule has 2 amide bonds. The minimum absolute atomic E-state index is 0.0537. The van der Waals surface area contributed by atoms with E-state index in [1.807, 2.05) is 26.2 Å². The zero-order valence-corrected chi connectivity index (χ0v) is 16.3. The second-order valence-corrected chi connectivity index (χ2v) is 6.82. The number of pyridine rings is 1. The number of likely N-dealkylation sites (N-methyl/N-ethyl adjacent to an activating group) is 1. The van der Waals surface area contributed by atoms with Gasteiger partial charge in [-0.15, -0.1) is 0 Å². The molecule has 0 bridgehead atoms. The quantitative estimate of drug-likeness (QED) is 0.688. The maximum atomic E-state index is 12.5. The number of nitrogens with one attached hydrogen (secondary N) is 1. The van der Waals surface area contributed by atoms with Gasteiger partial charge in [0.1, 0.15) is 0 Å². The van der Waals surface area contributed by atoms with Crippen LogP contribution in [0.2, 0.25) is 0 Å². The predicted octanol–water partition coefficient (Wildman–Crippen LogP) is 2.08. The zero-order valence-electron chi connectivity index (χ0n) is 16.3. The smallest absolute Gasteiger partial charge is 0.253 e. The van der Waals surface area contributed by atoms with Crippen LogP contribution in [0.4, 0.5) is 0 Å². The Bertz CT molecular complexity index is 730. The molecule has 1 aromatic carbocycles. The van der Waals surface area contributed by atoms with Crippen LogP contribution in [0, 0.1) is 0 Å². The Hall–Kier alpha value is -2.73. The van der Waals surface area contributed by atoms with Crippen LogP contribution in [0.25, 0.3) is 0 Å². The highest BCUT2D eigenvalue weighted by Crippen LogP contribution is 2.08. The average molecular weight is 368 g/mol. The molecule has 0 saturated heterocycles. The van der Waals surface area contributed by atoms with Crippen molar-refractivity contribution in [2.24, 2.45) is 0 Å². The Morgan fingerprint density at radius 3 is 2.19 bits per heavy atom. The fourth-order valence-corrected chi connectivity index (χ4v) is 2.63. The van der Waals surface area contributed by atoms with Crippen molar-refractivity contribution < 1.29 is 9.59 Å². The molecule has 0 aliphatic carbocycles. The maximum Gasteiger partial charge on any atom is 0.253 e. The first-order valence-electron chi connectivity index (χ1n) is 9.14. The minimum atomic E-state index is -0.112. The lowest BCUT2D eigenvalue weighted by Gasteiger charge is -2.17. The molecule has 0 saturated carbocycles. The van der Waals surface area contributed by atoms with Gasteiger partial charge in [-0.1, -0.05) is 0 Å². The first-order chi connectivity index (χ1) is 13.0. The number of aromatic nitrogens is 1. The van der Waals surface area contributed by atoms with E-state index in [-0.39, 0.29) is 11.8 Å². The molecular weight excluding hydrogens is 340 g/mol. The highest BCUT2D eigenvalue weighted by molar-refractivity contribution is 5.97. The maximum absolute atomic E-state index is 12.5. The van der Waals surface area contributed by atoms with Crippen molar-refractivity contribution in [2.75, 3.05) is 40.8 Å². The third-order valence-electron chi connectivity index (χ3n) is 4.29. The topological polar surface area (TPSA) is 65.5 Å². The number of benzene rings is 1. The molecule has 2 rings (SSSR count). The van der Waals surface area contributed by atoms with E-state index in [4.69, 9.17) is 0 Å². The first-order valence-corrected chi connectivity index (χ1v) is 9.14. The Morgan fingerprint density at radius 1 is 0.926 bits per heavy atom. The van der Waals surface area contributed by atoms with Crippen LogP contribution in [-0.2, 0) is 6.42 Å². The largest absolute Gasteiger partial charge is 0.352 e. The van der Waals surface area contributed by atoms with Crippen molar-refractivity contribution in [1.29, 1.82) is 0 Å². The molecule has 144 valence electrons. The van der Waals surface area contributed by atoms with E-state index in [1.54, 1.807) is 48.6 Å². The van der Waals surface area contributed by atoms with Gasteiger partial charge in [0.2, 0.25) is 0 Å². The lowest BCUT2D eigenvalue weighted by Crippen LogP contribution is -2.29. The van der Waals surface area contributed by atoms with Gasteiger partial charge in [-0.3, -0.25) is 14.6 Å². The van der Waals surface area contributed by atoms with Crippen LogP contribution in [0.3, 0.4) is 0 Å². The minimum Gasteiger partial charge on any atom is -0.352 e. The van der Waals surface area contributed by atoms with Gasteiger partial charge < -0.3 is 15.1 Å². The molecule has 2 aromatic rings. The van der Waals surface area contributed by atoms with Gasteiger partial charge in [0, 0.05) is 43.7 Å². The SMILES string of the molecule is CN(C)CCCNC(=O)c1ccc(C(=O)N(C)CCc2ccncc2)cc1. The van der Waals surface area contributed by atoms with Crippen LogP contribution < -0.4 is 5.32 Å². The summed E-state index contributed by atoms with van der Waals surface area (Å²) in [7, 11) is 5.80. The van der Waals surface area contributed by atoms with Crippen molar-refractivity contribution in [3.63, 3.8) is 0 Å². The van der Waals surface area contributed by atoms with Crippen molar-refractivity contribution in [3.8, 4) is 0 Å². The molecule has 27 heavy (non-hydrogen) atoms. The molecule has 0 spiro atoms. The van der Waals surface area contributed by atoms with Crippen molar-refractivity contribution >= 4 is 11.8 Å². The highest BCUT2D eigenvalue weighted by atomic mass is 16.2. The molecule has 6 nitrogen and oxygen atoms in total. The number of hydrogen-bond acceptors (Lipinski definition) is 4. The summed E-state index contributed by atoms with van der Waals surface area (Å²) in [5.41, 5.74) is 2.29. The molecule has 0 fully saturated rings. The van der Waals surface area contributed by atoms with Gasteiger partial charge in [-0.05, 0) is 75.4 Å². The van der Waals surface area contributed by atoms with E-state index in [9.17, 15) is 9.59 Å². The molecule has 0 aliphatic heterocycles. The highest BCUT2D eigenvalue weighted by Gasteiger charge is 2.13. The van der Waals surface area contributed by atoms with Crippen LogP contribution in [0.5, 0.6) is 0 Å². The van der Waals surface area contributed by atoms with Crippen molar-refractivity contribution in [1.82, 2.24) is 20.1 Å². The summed E-state index contributed by atoms with van der Waals surface area (Å²) in [5.74, 6) is -0.166. The summed E-state index contributed by atoms with van der Waals surface area (Å²) in [6, 6.07) is 10.7. The number of rotatable bonds is 9. The third-order valence-corrected chi connectivity index (χ3v) is 4.29. The summed E-state index contributed by atoms with van der Waals surface area (Å²) >= 11 is 0. The van der Waals surface area contributed by atoms with Crippen LogP contribution in [-0.4, -0.2) is 67.4 Å². The van der Waals surface area contributed by atoms with E-state index in [2.05, 4.69) is 15.2 Å². The second-order valence-electron chi connectivity index (χ2n) is 6.82. The molecule has 0 atom stereocenters. The van der Waals surface area contributed by atoms with Gasteiger partial charge in [0.15, 0.2) is 0 Å². The molecule has 0 radical (unpaired) electrons. The zero-order chi connectivity index (χ0) is 19.6. The molecule has 1 N–H and O–H groups in total. The van der Waals surface area contributed by atoms with E-state index in [0.717, 1.165) is 24.9 Å². The van der Waals surface area contributed by atoms with Gasteiger partial charge in [-0.25, -0.2) is 0 Å². The van der Waals surface area contributed by atoms with E-state index >= 15 is 0 Å². The monoisotopic (exact) mass is 368 g/mol. The molecule has 0 unspecified atom stereocenters. The summed E-state index contributed by atoms with van der Waals surface area (Å²) in [6.45, 7) is 2.19. The molecule has 1 heterocycles. The van der Waals surface area contributed by atoms with Gasteiger partial charge in [-0.2, -0.15) is 0 Å². The van der Waals surface area contributed by atoms with Gasteiger partial charge in [0.05, 0.1) is 0 Å². The fourth-order valence-electron chi connectivity index (χ4n) is 2.63. The van der Waals surface area contributed by atoms with E-state index in [1.165, 1.54) is 0 Å².